The third-order valence-electron chi connectivity index (χ3n) is 2.34. The summed E-state index contributed by atoms with van der Waals surface area (Å²) in [6, 6.07) is 0.584. The van der Waals surface area contributed by atoms with Crippen LogP contribution < -0.4 is 5.32 Å². The lowest BCUT2D eigenvalue weighted by Crippen LogP contribution is -2.29. The van der Waals surface area contributed by atoms with E-state index in [9.17, 15) is 0 Å². The zero-order valence-electron chi connectivity index (χ0n) is 9.29. The molecule has 0 aliphatic carbocycles. The van der Waals surface area contributed by atoms with E-state index in [1.807, 2.05) is 6.20 Å². The topological polar surface area (TPSA) is 24.9 Å². The van der Waals surface area contributed by atoms with Gasteiger partial charge in [-0.3, -0.25) is 0 Å². The molecule has 1 aromatic rings. The summed E-state index contributed by atoms with van der Waals surface area (Å²) in [5.41, 5.74) is 0. The molecule has 80 valence electrons. The molecule has 0 fully saturated rings. The van der Waals surface area contributed by atoms with E-state index in [1.54, 1.807) is 11.3 Å². The zero-order valence-corrected chi connectivity index (χ0v) is 10.1. The highest BCUT2D eigenvalue weighted by atomic mass is 32.1. The van der Waals surface area contributed by atoms with Crippen LogP contribution in [0.25, 0.3) is 0 Å². The molecule has 1 aromatic heterocycles. The van der Waals surface area contributed by atoms with Gasteiger partial charge in [0.25, 0.3) is 0 Å². The van der Waals surface area contributed by atoms with Crippen molar-refractivity contribution in [3.63, 3.8) is 0 Å². The molecule has 0 radical (unpaired) electrons. The third-order valence-corrected chi connectivity index (χ3v) is 3.14. The fraction of sp³-hybridized carbons (Fsp3) is 0.727. The first-order valence-electron chi connectivity index (χ1n) is 5.34. The molecule has 0 amide bonds. The molecule has 1 N–H and O–H groups in total. The van der Waals surface area contributed by atoms with Crippen molar-refractivity contribution in [2.75, 3.05) is 6.54 Å². The lowest BCUT2D eigenvalue weighted by molar-refractivity contribution is 0.435. The van der Waals surface area contributed by atoms with Crippen LogP contribution in [0.15, 0.2) is 11.6 Å². The van der Waals surface area contributed by atoms with Crippen LogP contribution in [0.2, 0.25) is 0 Å². The number of aromatic nitrogens is 1. The smallest absolute Gasteiger partial charge is 0.0928 e. The number of hydrogen-bond acceptors (Lipinski definition) is 3. The van der Waals surface area contributed by atoms with E-state index in [2.05, 4.69) is 36.5 Å². The Kier molecular flexibility index (Phi) is 5.12. The summed E-state index contributed by atoms with van der Waals surface area (Å²) in [7, 11) is 0. The highest BCUT2D eigenvalue weighted by Gasteiger charge is 2.09. The first kappa shape index (κ1) is 11.7. The Labute approximate surface area is 90.8 Å². The Hall–Kier alpha value is -0.410. The second-order valence-corrected chi connectivity index (χ2v) is 4.95. The molecule has 1 heterocycles. The zero-order chi connectivity index (χ0) is 10.4. The average Bonchev–Trinajstić information content (AvgIpc) is 2.64. The lowest BCUT2D eigenvalue weighted by Gasteiger charge is -2.16. The van der Waals surface area contributed by atoms with Crippen LogP contribution >= 0.6 is 11.3 Å². The third kappa shape index (κ3) is 4.20. The van der Waals surface area contributed by atoms with Crippen molar-refractivity contribution >= 4 is 11.3 Å². The quantitative estimate of drug-likeness (QED) is 0.784. The van der Waals surface area contributed by atoms with Crippen LogP contribution in [0.5, 0.6) is 0 Å². The van der Waals surface area contributed by atoms with Gasteiger partial charge in [0, 0.05) is 24.0 Å². The minimum absolute atomic E-state index is 0.584. The summed E-state index contributed by atoms with van der Waals surface area (Å²) in [5, 5.41) is 6.81. The molecule has 3 heteroatoms. The molecule has 0 aliphatic rings. The van der Waals surface area contributed by atoms with Crippen molar-refractivity contribution < 1.29 is 0 Å². The predicted molar refractivity (Wildman–Crippen MR) is 62.7 cm³/mol. The average molecular weight is 212 g/mol. The molecule has 0 aliphatic heterocycles. The molecule has 0 saturated carbocycles. The molecule has 0 aromatic carbocycles. The Morgan fingerprint density at radius 1 is 1.50 bits per heavy atom. The van der Waals surface area contributed by atoms with Gasteiger partial charge < -0.3 is 5.32 Å². The van der Waals surface area contributed by atoms with Crippen LogP contribution in [0.4, 0.5) is 0 Å². The Morgan fingerprint density at radius 2 is 2.29 bits per heavy atom. The molecule has 1 unspecified atom stereocenters. The Morgan fingerprint density at radius 3 is 2.79 bits per heavy atom. The fourth-order valence-corrected chi connectivity index (χ4v) is 2.10. The largest absolute Gasteiger partial charge is 0.314 e. The first-order chi connectivity index (χ1) is 6.72. The van der Waals surface area contributed by atoms with Crippen LogP contribution in [-0.4, -0.2) is 17.6 Å². The SMILES string of the molecule is CCC(CNC(C)C)Cc1nccs1. The van der Waals surface area contributed by atoms with Crippen molar-refractivity contribution in [3.05, 3.63) is 16.6 Å². The van der Waals surface area contributed by atoms with Crippen molar-refractivity contribution in [2.45, 2.75) is 39.7 Å². The number of thiazole rings is 1. The highest BCUT2D eigenvalue weighted by molar-refractivity contribution is 7.09. The standard InChI is InChI=1S/C11H20N2S/c1-4-10(8-13-9(2)3)7-11-12-5-6-14-11/h5-6,9-10,13H,4,7-8H2,1-3H3. The normalized spacial score (nSPS) is 13.4. The molecule has 0 saturated heterocycles. The van der Waals surface area contributed by atoms with Crippen LogP contribution in [-0.2, 0) is 6.42 Å². The first-order valence-corrected chi connectivity index (χ1v) is 6.22. The fourth-order valence-electron chi connectivity index (χ4n) is 1.36. The molecular weight excluding hydrogens is 192 g/mol. The van der Waals surface area contributed by atoms with Gasteiger partial charge in [-0.05, 0) is 12.5 Å². The monoisotopic (exact) mass is 212 g/mol. The molecule has 0 bridgehead atoms. The summed E-state index contributed by atoms with van der Waals surface area (Å²) in [6.07, 6.45) is 4.23. The summed E-state index contributed by atoms with van der Waals surface area (Å²) in [6.45, 7) is 7.74. The van der Waals surface area contributed by atoms with Gasteiger partial charge in [-0.1, -0.05) is 27.2 Å². The van der Waals surface area contributed by atoms with Gasteiger partial charge in [0.1, 0.15) is 0 Å². The minimum atomic E-state index is 0.584. The van der Waals surface area contributed by atoms with E-state index < -0.39 is 0 Å². The molecule has 2 nitrogen and oxygen atoms in total. The summed E-state index contributed by atoms with van der Waals surface area (Å²) in [5.74, 6) is 0.726. The molecule has 0 spiro atoms. The van der Waals surface area contributed by atoms with Gasteiger partial charge in [-0.25, -0.2) is 4.98 Å². The van der Waals surface area contributed by atoms with Crippen LogP contribution in [0.1, 0.15) is 32.2 Å². The Bertz CT molecular complexity index is 231. The molecule has 1 atom stereocenters. The summed E-state index contributed by atoms with van der Waals surface area (Å²) < 4.78 is 0. The maximum Gasteiger partial charge on any atom is 0.0928 e. The molecular formula is C11H20N2S. The van der Waals surface area contributed by atoms with Gasteiger partial charge in [0.15, 0.2) is 0 Å². The number of nitrogens with one attached hydrogen (secondary N) is 1. The lowest BCUT2D eigenvalue weighted by atomic mass is 10.0. The van der Waals surface area contributed by atoms with E-state index in [-0.39, 0.29) is 0 Å². The van der Waals surface area contributed by atoms with Gasteiger partial charge >= 0.3 is 0 Å². The van der Waals surface area contributed by atoms with Crippen LogP contribution in [0.3, 0.4) is 0 Å². The highest BCUT2D eigenvalue weighted by Crippen LogP contribution is 2.13. The van der Waals surface area contributed by atoms with E-state index in [1.165, 1.54) is 11.4 Å². The number of nitrogens with zero attached hydrogens (tertiary/aromatic N) is 1. The van der Waals surface area contributed by atoms with E-state index >= 15 is 0 Å². The van der Waals surface area contributed by atoms with Crippen LogP contribution in [0, 0.1) is 5.92 Å². The van der Waals surface area contributed by atoms with Gasteiger partial charge in [-0.15, -0.1) is 11.3 Å². The number of hydrogen-bond donors (Lipinski definition) is 1. The maximum atomic E-state index is 4.32. The second kappa shape index (κ2) is 6.14. The molecule has 1 rings (SSSR count). The van der Waals surface area contributed by atoms with Crippen molar-refractivity contribution in [3.8, 4) is 0 Å². The van der Waals surface area contributed by atoms with Crippen molar-refractivity contribution in [1.82, 2.24) is 10.3 Å². The van der Waals surface area contributed by atoms with Crippen molar-refractivity contribution in [1.29, 1.82) is 0 Å². The minimum Gasteiger partial charge on any atom is -0.314 e. The van der Waals surface area contributed by atoms with E-state index in [0.29, 0.717) is 6.04 Å². The number of rotatable bonds is 6. The van der Waals surface area contributed by atoms with E-state index in [0.717, 1.165) is 18.9 Å². The molecule has 14 heavy (non-hydrogen) atoms. The van der Waals surface area contributed by atoms with Gasteiger partial charge in [-0.2, -0.15) is 0 Å². The predicted octanol–water partition coefficient (Wildman–Crippen LogP) is 2.71. The summed E-state index contributed by atoms with van der Waals surface area (Å²) in [4.78, 5) is 4.32. The summed E-state index contributed by atoms with van der Waals surface area (Å²) >= 11 is 1.76. The van der Waals surface area contributed by atoms with Crippen molar-refractivity contribution in [2.24, 2.45) is 5.92 Å². The van der Waals surface area contributed by atoms with E-state index in [4.69, 9.17) is 0 Å². The maximum absolute atomic E-state index is 4.32. The van der Waals surface area contributed by atoms with Gasteiger partial charge in [0.2, 0.25) is 0 Å². The van der Waals surface area contributed by atoms with Gasteiger partial charge in [0.05, 0.1) is 5.01 Å². The second-order valence-electron chi connectivity index (χ2n) is 3.97. The Balaban J connectivity index is 2.32.